The number of imide groups is 1. The van der Waals surface area contributed by atoms with Gasteiger partial charge in [-0.15, -0.1) is 0 Å². The Hall–Kier alpha value is -2.43. The molecule has 5 nitrogen and oxygen atoms in total. The maximum Gasteiger partial charge on any atom is 0.243 e. The number of allylic oxidation sites excluding steroid dienone is 2. The van der Waals surface area contributed by atoms with Crippen LogP contribution in [0.1, 0.15) is 31.7 Å². The van der Waals surface area contributed by atoms with E-state index in [9.17, 15) is 14.4 Å². The average molecular weight is 340 g/mol. The first kappa shape index (κ1) is 17.4. The first-order valence-corrected chi connectivity index (χ1v) is 8.93. The molecule has 0 unspecified atom stereocenters. The van der Waals surface area contributed by atoms with Crippen LogP contribution < -0.4 is 5.32 Å². The van der Waals surface area contributed by atoms with Gasteiger partial charge in [0.05, 0.1) is 11.8 Å². The van der Waals surface area contributed by atoms with Crippen LogP contribution in [-0.4, -0.2) is 35.2 Å². The van der Waals surface area contributed by atoms with Crippen LogP contribution >= 0.6 is 0 Å². The lowest BCUT2D eigenvalue weighted by Crippen LogP contribution is -2.48. The minimum absolute atomic E-state index is 0.203. The lowest BCUT2D eigenvalue weighted by molar-refractivity contribution is -0.147. The van der Waals surface area contributed by atoms with Crippen LogP contribution in [-0.2, 0) is 20.8 Å². The van der Waals surface area contributed by atoms with Crippen LogP contribution in [0.4, 0.5) is 0 Å². The fourth-order valence-electron chi connectivity index (χ4n) is 3.62. The summed E-state index contributed by atoms with van der Waals surface area (Å²) in [7, 11) is 0. The van der Waals surface area contributed by atoms with Gasteiger partial charge in [0.25, 0.3) is 0 Å². The topological polar surface area (TPSA) is 66.5 Å². The number of nitrogens with one attached hydrogen (secondary N) is 1. The van der Waals surface area contributed by atoms with Crippen molar-refractivity contribution in [1.29, 1.82) is 0 Å². The number of rotatable bonds is 6. The van der Waals surface area contributed by atoms with Crippen LogP contribution in [0.5, 0.6) is 0 Å². The molecule has 0 aromatic heterocycles. The van der Waals surface area contributed by atoms with Crippen LogP contribution in [0.2, 0.25) is 0 Å². The third kappa shape index (κ3) is 3.65. The Bertz CT molecular complexity index is 657. The smallest absolute Gasteiger partial charge is 0.243 e. The average Bonchev–Trinajstić information content (AvgIpc) is 2.90. The van der Waals surface area contributed by atoms with E-state index in [4.69, 9.17) is 0 Å². The van der Waals surface area contributed by atoms with Crippen molar-refractivity contribution < 1.29 is 14.4 Å². The molecule has 1 N–H and O–H groups in total. The lowest BCUT2D eigenvalue weighted by Gasteiger charge is -2.22. The quantitative estimate of drug-likeness (QED) is 0.490. The summed E-state index contributed by atoms with van der Waals surface area (Å²) >= 11 is 0. The van der Waals surface area contributed by atoms with Gasteiger partial charge in [-0.3, -0.25) is 19.3 Å². The number of hydrogen-bond acceptors (Lipinski definition) is 3. The second-order valence-electron chi connectivity index (χ2n) is 6.76. The summed E-state index contributed by atoms with van der Waals surface area (Å²) in [6, 6.07) is 9.33. The Labute approximate surface area is 148 Å². The molecule has 0 bridgehead atoms. The predicted octanol–water partition coefficient (Wildman–Crippen LogP) is 2.08. The van der Waals surface area contributed by atoms with Gasteiger partial charge >= 0.3 is 0 Å². The number of fused-ring (bicyclic) bond motifs is 1. The number of carbonyl (C=O) groups excluding carboxylic acids is 3. The van der Waals surface area contributed by atoms with Crippen molar-refractivity contribution in [3.05, 3.63) is 48.0 Å². The van der Waals surface area contributed by atoms with Gasteiger partial charge in [-0.05, 0) is 38.2 Å². The fourth-order valence-corrected chi connectivity index (χ4v) is 3.62. The number of hydrogen-bond donors (Lipinski definition) is 1. The number of likely N-dealkylation sites (tertiary alicyclic amines) is 1. The van der Waals surface area contributed by atoms with Gasteiger partial charge in [0.2, 0.25) is 17.7 Å². The molecule has 0 spiro atoms. The molecule has 0 saturated carbocycles. The normalized spacial score (nSPS) is 23.5. The van der Waals surface area contributed by atoms with Crippen LogP contribution in [0.15, 0.2) is 42.5 Å². The van der Waals surface area contributed by atoms with Crippen molar-refractivity contribution in [2.45, 2.75) is 38.6 Å². The van der Waals surface area contributed by atoms with E-state index in [-0.39, 0.29) is 29.6 Å². The van der Waals surface area contributed by atoms with E-state index in [2.05, 4.69) is 17.4 Å². The summed E-state index contributed by atoms with van der Waals surface area (Å²) in [4.78, 5) is 38.5. The van der Waals surface area contributed by atoms with Crippen LogP contribution in [0.25, 0.3) is 0 Å². The number of carbonyl (C=O) groups is 3. The Morgan fingerprint density at radius 2 is 1.72 bits per heavy atom. The maximum absolute atomic E-state index is 12.5. The molecular formula is C20H24N2O3. The highest BCUT2D eigenvalue weighted by Gasteiger charge is 2.49. The molecular weight excluding hydrogens is 316 g/mol. The molecule has 3 amide bonds. The summed E-state index contributed by atoms with van der Waals surface area (Å²) < 4.78 is 0. The monoisotopic (exact) mass is 340 g/mol. The molecule has 132 valence electrons. The summed E-state index contributed by atoms with van der Waals surface area (Å²) in [5, 5.41) is 2.85. The zero-order valence-electron chi connectivity index (χ0n) is 14.5. The Morgan fingerprint density at radius 3 is 2.32 bits per heavy atom. The molecule has 3 atom stereocenters. The van der Waals surface area contributed by atoms with Gasteiger partial charge in [-0.25, -0.2) is 0 Å². The van der Waals surface area contributed by atoms with Crippen molar-refractivity contribution in [3.63, 3.8) is 0 Å². The summed E-state index contributed by atoms with van der Waals surface area (Å²) in [5.74, 6) is -1.24. The Morgan fingerprint density at radius 1 is 1.12 bits per heavy atom. The number of aryl methyl sites for hydroxylation is 1. The molecule has 1 aliphatic heterocycles. The van der Waals surface area contributed by atoms with Crippen LogP contribution in [0, 0.1) is 11.8 Å². The minimum atomic E-state index is -0.748. The SMILES string of the molecule is C[C@@H](C(=O)NCCCc1ccccc1)N1C(=O)[C@H]2CC=CC[C@@H]2C1=O. The molecule has 3 rings (SSSR count). The molecule has 1 saturated heterocycles. The van der Waals surface area contributed by atoms with Gasteiger partial charge < -0.3 is 5.32 Å². The van der Waals surface area contributed by atoms with Gasteiger partial charge in [0, 0.05) is 6.54 Å². The zero-order chi connectivity index (χ0) is 17.8. The van der Waals surface area contributed by atoms with E-state index in [1.165, 1.54) is 10.5 Å². The molecule has 1 aliphatic carbocycles. The van der Waals surface area contributed by atoms with E-state index in [1.807, 2.05) is 30.4 Å². The van der Waals surface area contributed by atoms with E-state index in [0.29, 0.717) is 19.4 Å². The van der Waals surface area contributed by atoms with E-state index in [1.54, 1.807) is 6.92 Å². The molecule has 1 aromatic carbocycles. The largest absolute Gasteiger partial charge is 0.354 e. The zero-order valence-corrected chi connectivity index (χ0v) is 14.5. The third-order valence-electron chi connectivity index (χ3n) is 5.09. The molecule has 2 aliphatic rings. The maximum atomic E-state index is 12.5. The van der Waals surface area contributed by atoms with Crippen molar-refractivity contribution in [2.24, 2.45) is 11.8 Å². The molecule has 25 heavy (non-hydrogen) atoms. The summed E-state index contributed by atoms with van der Waals surface area (Å²) in [6.45, 7) is 2.16. The highest BCUT2D eigenvalue weighted by Crippen LogP contribution is 2.36. The molecule has 1 fully saturated rings. The van der Waals surface area contributed by atoms with Crippen LogP contribution in [0.3, 0.4) is 0 Å². The molecule has 1 heterocycles. The highest BCUT2D eigenvalue weighted by atomic mass is 16.2. The first-order valence-electron chi connectivity index (χ1n) is 8.93. The lowest BCUT2D eigenvalue weighted by atomic mass is 9.85. The standard InChI is InChI=1S/C20H24N2O3/c1-14(18(23)21-13-7-10-15-8-3-2-4-9-15)22-19(24)16-11-5-6-12-17(16)20(22)25/h2-6,8-9,14,16-17H,7,10-13H2,1H3,(H,21,23)/t14-,16-,17-/m0/s1. The molecule has 5 heteroatoms. The van der Waals surface area contributed by atoms with Gasteiger partial charge in [-0.1, -0.05) is 42.5 Å². The predicted molar refractivity (Wildman–Crippen MR) is 94.4 cm³/mol. The number of nitrogens with zero attached hydrogens (tertiary/aromatic N) is 1. The Kier molecular flexibility index (Phi) is 5.31. The number of benzene rings is 1. The third-order valence-corrected chi connectivity index (χ3v) is 5.09. The van der Waals surface area contributed by atoms with E-state index < -0.39 is 6.04 Å². The highest BCUT2D eigenvalue weighted by molar-refractivity contribution is 6.08. The summed E-state index contributed by atoms with van der Waals surface area (Å²) in [6.07, 6.45) is 6.79. The van der Waals surface area contributed by atoms with Crippen molar-refractivity contribution in [1.82, 2.24) is 10.2 Å². The van der Waals surface area contributed by atoms with E-state index >= 15 is 0 Å². The fraction of sp³-hybridized carbons (Fsp3) is 0.450. The Balaban J connectivity index is 1.50. The van der Waals surface area contributed by atoms with Crippen molar-refractivity contribution in [3.8, 4) is 0 Å². The van der Waals surface area contributed by atoms with Gasteiger partial charge in [0.15, 0.2) is 0 Å². The minimum Gasteiger partial charge on any atom is -0.354 e. The molecule has 1 aromatic rings. The van der Waals surface area contributed by atoms with Crippen molar-refractivity contribution in [2.75, 3.05) is 6.54 Å². The number of amides is 3. The van der Waals surface area contributed by atoms with Gasteiger partial charge in [-0.2, -0.15) is 0 Å². The second-order valence-corrected chi connectivity index (χ2v) is 6.76. The molecule has 0 radical (unpaired) electrons. The van der Waals surface area contributed by atoms with E-state index in [0.717, 1.165) is 12.8 Å². The van der Waals surface area contributed by atoms with Crippen molar-refractivity contribution >= 4 is 17.7 Å². The second kappa shape index (κ2) is 7.64. The summed E-state index contributed by atoms with van der Waals surface area (Å²) in [5.41, 5.74) is 1.23. The van der Waals surface area contributed by atoms with Gasteiger partial charge in [0.1, 0.15) is 6.04 Å². The first-order chi connectivity index (χ1) is 12.1.